The predicted molar refractivity (Wildman–Crippen MR) is 99.7 cm³/mol. The van der Waals surface area contributed by atoms with Gasteiger partial charge in [-0.05, 0) is 23.6 Å². The van der Waals surface area contributed by atoms with Crippen molar-refractivity contribution in [3.63, 3.8) is 0 Å². The molecule has 0 aliphatic rings. The van der Waals surface area contributed by atoms with E-state index in [4.69, 9.17) is 4.74 Å². The third kappa shape index (κ3) is 6.57. The predicted octanol–water partition coefficient (Wildman–Crippen LogP) is 2.31. The molecule has 1 N–H and O–H groups in total. The summed E-state index contributed by atoms with van der Waals surface area (Å²) in [5, 5.41) is 0. The highest BCUT2D eigenvalue weighted by Crippen LogP contribution is 2.09. The molecule has 0 radical (unpaired) electrons. The Hall–Kier alpha value is -2.25. The highest BCUT2D eigenvalue weighted by Gasteiger charge is 2.28. The van der Waals surface area contributed by atoms with Crippen LogP contribution in [0.2, 0.25) is 0 Å². The van der Waals surface area contributed by atoms with Gasteiger partial charge in [0.15, 0.2) is 0 Å². The van der Waals surface area contributed by atoms with Crippen molar-refractivity contribution in [3.05, 3.63) is 66.0 Å². The second kappa shape index (κ2) is 9.45. The topological polar surface area (TPSA) is 85.4 Å². The number of nitrogens with one attached hydrogen (secondary N) is 1. The van der Waals surface area contributed by atoms with Gasteiger partial charge in [-0.15, -0.1) is 0 Å². The normalized spacial score (nSPS) is 12.7. The summed E-state index contributed by atoms with van der Waals surface area (Å²) >= 11 is 0. The lowest BCUT2D eigenvalue weighted by molar-refractivity contribution is -0.148. The molecule has 1 aromatic heterocycles. The molecular weight excluding hydrogens is 352 g/mol. The van der Waals surface area contributed by atoms with Gasteiger partial charge in [-0.3, -0.25) is 9.78 Å². The molecule has 0 aliphatic carbocycles. The molecule has 0 spiro atoms. The minimum Gasteiger partial charge on any atom is -0.460 e. The van der Waals surface area contributed by atoms with E-state index in [-0.39, 0.29) is 24.7 Å². The van der Waals surface area contributed by atoms with Crippen LogP contribution in [0.1, 0.15) is 25.1 Å². The number of hydrogen-bond donors (Lipinski definition) is 1. The van der Waals surface area contributed by atoms with Crippen LogP contribution in [0.15, 0.2) is 54.7 Å². The van der Waals surface area contributed by atoms with Crippen LogP contribution < -0.4 is 4.72 Å². The van der Waals surface area contributed by atoms with Crippen LogP contribution in [-0.2, 0) is 32.6 Å². The van der Waals surface area contributed by atoms with Crippen LogP contribution in [0.3, 0.4) is 0 Å². The minimum absolute atomic E-state index is 0.110. The van der Waals surface area contributed by atoms with Gasteiger partial charge in [0, 0.05) is 18.3 Å². The van der Waals surface area contributed by atoms with Crippen LogP contribution in [0.4, 0.5) is 0 Å². The summed E-state index contributed by atoms with van der Waals surface area (Å²) in [5.41, 5.74) is 1.53. The molecule has 2 aromatic rings. The zero-order chi connectivity index (χ0) is 19.0. The Kier molecular flexibility index (Phi) is 7.29. The summed E-state index contributed by atoms with van der Waals surface area (Å²) in [7, 11) is -3.64. The summed E-state index contributed by atoms with van der Waals surface area (Å²) < 4.78 is 32.5. The van der Waals surface area contributed by atoms with Crippen LogP contribution in [0.5, 0.6) is 0 Å². The van der Waals surface area contributed by atoms with Crippen LogP contribution in [0, 0.1) is 5.92 Å². The molecule has 0 fully saturated rings. The van der Waals surface area contributed by atoms with E-state index in [1.165, 1.54) is 0 Å². The van der Waals surface area contributed by atoms with Gasteiger partial charge in [0.2, 0.25) is 10.0 Å². The van der Waals surface area contributed by atoms with Crippen molar-refractivity contribution >= 4 is 16.0 Å². The number of sulfonamides is 1. The molecular formula is C19H24N2O4S. The Morgan fingerprint density at radius 2 is 1.81 bits per heavy atom. The first kappa shape index (κ1) is 20.1. The van der Waals surface area contributed by atoms with Crippen molar-refractivity contribution < 1.29 is 17.9 Å². The molecule has 7 heteroatoms. The van der Waals surface area contributed by atoms with Gasteiger partial charge in [-0.25, -0.2) is 13.1 Å². The molecule has 0 amide bonds. The van der Waals surface area contributed by atoms with E-state index in [1.54, 1.807) is 38.2 Å². The molecule has 6 nitrogen and oxygen atoms in total. The fraction of sp³-hybridized carbons (Fsp3) is 0.368. The van der Waals surface area contributed by atoms with Gasteiger partial charge in [0.25, 0.3) is 0 Å². The van der Waals surface area contributed by atoms with Crippen molar-refractivity contribution in [3.8, 4) is 0 Å². The SMILES string of the molecule is CC(C)[C@H](NS(=O)(=O)CCc1ccccn1)C(=O)OCc1ccccc1. The Labute approximate surface area is 154 Å². The first-order valence-corrected chi connectivity index (χ1v) is 10.1. The summed E-state index contributed by atoms with van der Waals surface area (Å²) in [6.07, 6.45) is 1.90. The smallest absolute Gasteiger partial charge is 0.324 e. The van der Waals surface area contributed by atoms with Crippen LogP contribution in [-0.4, -0.2) is 31.2 Å². The molecule has 2 rings (SSSR count). The number of aryl methyl sites for hydroxylation is 1. The first-order chi connectivity index (χ1) is 12.4. The Morgan fingerprint density at radius 3 is 2.42 bits per heavy atom. The Balaban J connectivity index is 1.94. The number of hydrogen-bond acceptors (Lipinski definition) is 5. The molecule has 0 aliphatic heterocycles. The monoisotopic (exact) mass is 376 g/mol. The number of nitrogens with zero attached hydrogens (tertiary/aromatic N) is 1. The number of carbonyl (C=O) groups excluding carboxylic acids is 1. The van der Waals surface area contributed by atoms with E-state index in [2.05, 4.69) is 9.71 Å². The maximum atomic E-state index is 12.4. The second-order valence-electron chi connectivity index (χ2n) is 6.32. The lowest BCUT2D eigenvalue weighted by atomic mass is 10.1. The van der Waals surface area contributed by atoms with Crippen LogP contribution in [0.25, 0.3) is 0 Å². The van der Waals surface area contributed by atoms with Gasteiger partial charge in [0.05, 0.1) is 5.75 Å². The van der Waals surface area contributed by atoms with Crippen LogP contribution >= 0.6 is 0 Å². The van der Waals surface area contributed by atoms with Crippen molar-refractivity contribution in [1.82, 2.24) is 9.71 Å². The average Bonchev–Trinajstić information content (AvgIpc) is 2.64. The standard InChI is InChI=1S/C19H24N2O4S/c1-15(2)18(19(22)25-14-16-8-4-3-5-9-16)21-26(23,24)13-11-17-10-6-7-12-20-17/h3-10,12,15,18,21H,11,13-14H2,1-2H3/t18-/m0/s1. The van der Waals surface area contributed by atoms with Crippen molar-refractivity contribution in [2.24, 2.45) is 5.92 Å². The number of ether oxygens (including phenoxy) is 1. The summed E-state index contributed by atoms with van der Waals surface area (Å²) in [6.45, 7) is 3.66. The fourth-order valence-electron chi connectivity index (χ4n) is 2.31. The molecule has 1 atom stereocenters. The van der Waals surface area contributed by atoms with E-state index in [0.717, 1.165) is 5.56 Å². The molecule has 140 valence electrons. The highest BCUT2D eigenvalue weighted by molar-refractivity contribution is 7.89. The molecule has 0 bridgehead atoms. The van der Waals surface area contributed by atoms with Gasteiger partial charge in [-0.2, -0.15) is 0 Å². The summed E-state index contributed by atoms with van der Waals surface area (Å²) in [5.74, 6) is -0.952. The zero-order valence-electron chi connectivity index (χ0n) is 15.0. The molecule has 0 unspecified atom stereocenters. The summed E-state index contributed by atoms with van der Waals surface area (Å²) in [4.78, 5) is 16.5. The number of aromatic nitrogens is 1. The zero-order valence-corrected chi connectivity index (χ0v) is 15.8. The molecule has 0 saturated heterocycles. The van der Waals surface area contributed by atoms with Gasteiger partial charge in [0.1, 0.15) is 12.6 Å². The van der Waals surface area contributed by atoms with Crippen molar-refractivity contribution in [1.29, 1.82) is 0 Å². The average molecular weight is 376 g/mol. The lowest BCUT2D eigenvalue weighted by Crippen LogP contribution is -2.46. The van der Waals surface area contributed by atoms with E-state index in [0.29, 0.717) is 5.69 Å². The fourth-order valence-corrected chi connectivity index (χ4v) is 3.66. The summed E-state index contributed by atoms with van der Waals surface area (Å²) in [6, 6.07) is 13.7. The third-order valence-corrected chi connectivity index (χ3v) is 5.16. The van der Waals surface area contributed by atoms with E-state index >= 15 is 0 Å². The quantitative estimate of drug-likeness (QED) is 0.679. The van der Waals surface area contributed by atoms with Crippen molar-refractivity contribution in [2.45, 2.75) is 32.9 Å². The Bertz CT molecular complexity index is 793. The number of rotatable bonds is 9. The first-order valence-electron chi connectivity index (χ1n) is 8.48. The van der Waals surface area contributed by atoms with E-state index in [1.807, 2.05) is 30.3 Å². The Morgan fingerprint density at radius 1 is 1.12 bits per heavy atom. The number of carbonyl (C=O) groups is 1. The second-order valence-corrected chi connectivity index (χ2v) is 8.20. The van der Waals surface area contributed by atoms with Crippen molar-refractivity contribution in [2.75, 3.05) is 5.75 Å². The third-order valence-electron chi connectivity index (χ3n) is 3.80. The van der Waals surface area contributed by atoms with Gasteiger partial charge in [-0.1, -0.05) is 50.2 Å². The van der Waals surface area contributed by atoms with E-state index < -0.39 is 22.0 Å². The molecule has 1 heterocycles. The maximum Gasteiger partial charge on any atom is 0.324 e. The molecule has 26 heavy (non-hydrogen) atoms. The highest BCUT2D eigenvalue weighted by atomic mass is 32.2. The number of esters is 1. The lowest BCUT2D eigenvalue weighted by Gasteiger charge is -2.20. The number of benzene rings is 1. The van der Waals surface area contributed by atoms with Gasteiger partial charge >= 0.3 is 5.97 Å². The minimum atomic E-state index is -3.64. The largest absolute Gasteiger partial charge is 0.460 e. The molecule has 1 aromatic carbocycles. The molecule has 0 saturated carbocycles. The van der Waals surface area contributed by atoms with Gasteiger partial charge < -0.3 is 4.74 Å². The maximum absolute atomic E-state index is 12.4. The number of pyridine rings is 1. The van der Waals surface area contributed by atoms with E-state index in [9.17, 15) is 13.2 Å².